The Morgan fingerprint density at radius 2 is 2.29 bits per heavy atom. The van der Waals surface area contributed by atoms with Crippen LogP contribution in [0.15, 0.2) is 28.9 Å². The van der Waals surface area contributed by atoms with Gasteiger partial charge in [-0.25, -0.2) is 13.4 Å². The highest BCUT2D eigenvalue weighted by Gasteiger charge is 2.23. The minimum atomic E-state index is -3.74. The van der Waals surface area contributed by atoms with Gasteiger partial charge in [-0.3, -0.25) is 4.79 Å². The van der Waals surface area contributed by atoms with E-state index < -0.39 is 21.5 Å². The van der Waals surface area contributed by atoms with Crippen LogP contribution in [-0.2, 0) is 21.1 Å². The van der Waals surface area contributed by atoms with Crippen LogP contribution in [0.3, 0.4) is 0 Å². The molecule has 0 saturated heterocycles. The molecule has 6 nitrogen and oxygen atoms in total. The number of carbonyl (C=O) groups is 1. The zero-order valence-corrected chi connectivity index (χ0v) is 13.4. The average Bonchev–Trinajstić information content (AvgIpc) is 3.09. The zero-order chi connectivity index (χ0) is 15.5. The predicted octanol–water partition coefficient (Wildman–Crippen LogP) is 1.68. The van der Waals surface area contributed by atoms with Gasteiger partial charge in [-0.15, -0.1) is 11.3 Å². The Bertz CT molecular complexity index is 705. The zero-order valence-electron chi connectivity index (χ0n) is 11.8. The SMILES string of the molecule is CCc1cnc(S(=O)(=O)CC(=O)NC(C)c2cccs2)[nH]1. The summed E-state index contributed by atoms with van der Waals surface area (Å²) in [5, 5.41) is 4.43. The highest BCUT2D eigenvalue weighted by atomic mass is 32.2. The van der Waals surface area contributed by atoms with Gasteiger partial charge in [0, 0.05) is 16.8 Å². The summed E-state index contributed by atoms with van der Waals surface area (Å²) in [7, 11) is -3.74. The molecule has 2 heterocycles. The maximum atomic E-state index is 12.1. The molecule has 0 aliphatic heterocycles. The molecule has 0 aromatic carbocycles. The second-order valence-electron chi connectivity index (χ2n) is 4.63. The Hall–Kier alpha value is -1.67. The number of carbonyl (C=O) groups excluding carboxylic acids is 1. The van der Waals surface area contributed by atoms with E-state index in [1.165, 1.54) is 17.5 Å². The molecule has 8 heteroatoms. The minimum absolute atomic E-state index is 0.154. The summed E-state index contributed by atoms with van der Waals surface area (Å²) in [4.78, 5) is 19.4. The molecular formula is C13H17N3O3S2. The molecule has 0 spiro atoms. The normalized spacial score (nSPS) is 13.0. The highest BCUT2D eigenvalue weighted by Crippen LogP contribution is 2.18. The number of sulfone groups is 1. The number of imidazole rings is 1. The van der Waals surface area contributed by atoms with E-state index in [9.17, 15) is 13.2 Å². The first-order valence-electron chi connectivity index (χ1n) is 6.51. The number of aromatic amines is 1. The van der Waals surface area contributed by atoms with Crippen molar-refractivity contribution >= 4 is 27.1 Å². The molecule has 0 aliphatic carbocycles. The van der Waals surface area contributed by atoms with Crippen molar-refractivity contribution in [3.63, 3.8) is 0 Å². The summed E-state index contributed by atoms with van der Waals surface area (Å²) in [5.74, 6) is -1.15. The standard InChI is InChI=1S/C13H17N3O3S2/c1-3-10-7-14-13(16-10)21(18,19)8-12(17)15-9(2)11-5-4-6-20-11/h4-7,9H,3,8H2,1-2H3,(H,14,16)(H,15,17). The Morgan fingerprint density at radius 3 is 2.86 bits per heavy atom. The van der Waals surface area contributed by atoms with Crippen LogP contribution >= 0.6 is 11.3 Å². The molecular weight excluding hydrogens is 310 g/mol. The van der Waals surface area contributed by atoms with E-state index in [0.29, 0.717) is 6.42 Å². The van der Waals surface area contributed by atoms with Gasteiger partial charge in [-0.2, -0.15) is 0 Å². The maximum absolute atomic E-state index is 12.1. The van der Waals surface area contributed by atoms with Crippen LogP contribution in [-0.4, -0.2) is 30.0 Å². The first-order valence-corrected chi connectivity index (χ1v) is 9.05. The number of aryl methyl sites for hydroxylation is 1. The van der Waals surface area contributed by atoms with E-state index in [1.54, 1.807) is 0 Å². The lowest BCUT2D eigenvalue weighted by molar-refractivity contribution is -0.119. The van der Waals surface area contributed by atoms with Gasteiger partial charge in [0.05, 0.1) is 6.04 Å². The van der Waals surface area contributed by atoms with Crippen LogP contribution in [0.2, 0.25) is 0 Å². The molecule has 1 amide bonds. The monoisotopic (exact) mass is 327 g/mol. The Kier molecular flexibility index (Phi) is 4.79. The van der Waals surface area contributed by atoms with Crippen molar-refractivity contribution in [2.24, 2.45) is 0 Å². The fourth-order valence-corrected chi connectivity index (χ4v) is 3.61. The predicted molar refractivity (Wildman–Crippen MR) is 80.9 cm³/mol. The number of nitrogens with one attached hydrogen (secondary N) is 2. The first-order chi connectivity index (χ1) is 9.92. The summed E-state index contributed by atoms with van der Waals surface area (Å²) in [6.07, 6.45) is 2.13. The van der Waals surface area contributed by atoms with Crippen molar-refractivity contribution in [1.82, 2.24) is 15.3 Å². The van der Waals surface area contributed by atoms with E-state index >= 15 is 0 Å². The van der Waals surface area contributed by atoms with Gasteiger partial charge in [0.15, 0.2) is 0 Å². The third-order valence-electron chi connectivity index (χ3n) is 2.95. The quantitative estimate of drug-likeness (QED) is 0.844. The summed E-state index contributed by atoms with van der Waals surface area (Å²) in [6.45, 7) is 3.71. The number of hydrogen-bond acceptors (Lipinski definition) is 5. The molecule has 21 heavy (non-hydrogen) atoms. The largest absolute Gasteiger partial charge is 0.348 e. The molecule has 0 radical (unpaired) electrons. The van der Waals surface area contributed by atoms with Gasteiger partial charge < -0.3 is 10.3 Å². The molecule has 0 aliphatic rings. The van der Waals surface area contributed by atoms with E-state index in [2.05, 4.69) is 15.3 Å². The molecule has 1 atom stereocenters. The molecule has 2 aromatic heterocycles. The third-order valence-corrected chi connectivity index (χ3v) is 5.44. The van der Waals surface area contributed by atoms with Crippen LogP contribution in [0.25, 0.3) is 0 Å². The highest BCUT2D eigenvalue weighted by molar-refractivity contribution is 7.91. The van der Waals surface area contributed by atoms with Crippen LogP contribution < -0.4 is 5.32 Å². The molecule has 2 N–H and O–H groups in total. The van der Waals surface area contributed by atoms with Crippen LogP contribution in [0.5, 0.6) is 0 Å². The molecule has 114 valence electrons. The first kappa shape index (κ1) is 15.7. The van der Waals surface area contributed by atoms with Gasteiger partial charge in [-0.1, -0.05) is 13.0 Å². The van der Waals surface area contributed by atoms with Gasteiger partial charge in [0.25, 0.3) is 0 Å². The summed E-state index contributed by atoms with van der Waals surface area (Å²) >= 11 is 1.51. The van der Waals surface area contributed by atoms with Crippen molar-refractivity contribution in [3.05, 3.63) is 34.3 Å². The summed E-state index contributed by atoms with van der Waals surface area (Å²) in [6, 6.07) is 3.56. The lowest BCUT2D eigenvalue weighted by Crippen LogP contribution is -2.32. The van der Waals surface area contributed by atoms with Crippen molar-refractivity contribution in [1.29, 1.82) is 0 Å². The number of nitrogens with zero attached hydrogens (tertiary/aromatic N) is 1. The maximum Gasteiger partial charge on any atom is 0.236 e. The molecule has 2 rings (SSSR count). The topological polar surface area (TPSA) is 91.9 Å². The van der Waals surface area contributed by atoms with Crippen molar-refractivity contribution in [2.45, 2.75) is 31.5 Å². The van der Waals surface area contributed by atoms with E-state index in [-0.39, 0.29) is 11.2 Å². The summed E-state index contributed by atoms with van der Waals surface area (Å²) < 4.78 is 24.2. The molecule has 1 unspecified atom stereocenters. The molecule has 2 aromatic rings. The van der Waals surface area contributed by atoms with Crippen molar-refractivity contribution < 1.29 is 13.2 Å². The molecule has 0 saturated carbocycles. The average molecular weight is 327 g/mol. The summed E-state index contributed by atoms with van der Waals surface area (Å²) in [5.41, 5.74) is 0.723. The lowest BCUT2D eigenvalue weighted by atomic mass is 10.3. The van der Waals surface area contributed by atoms with Gasteiger partial charge >= 0.3 is 0 Å². The van der Waals surface area contributed by atoms with E-state index in [0.717, 1.165) is 10.6 Å². The van der Waals surface area contributed by atoms with E-state index in [1.807, 2.05) is 31.4 Å². The number of aromatic nitrogens is 2. The number of hydrogen-bond donors (Lipinski definition) is 2. The van der Waals surface area contributed by atoms with Gasteiger partial charge in [-0.05, 0) is 24.8 Å². The lowest BCUT2D eigenvalue weighted by Gasteiger charge is -2.11. The Morgan fingerprint density at radius 1 is 1.52 bits per heavy atom. The van der Waals surface area contributed by atoms with Crippen LogP contribution in [0, 0.1) is 0 Å². The Labute approximate surface area is 127 Å². The number of amides is 1. The van der Waals surface area contributed by atoms with E-state index in [4.69, 9.17) is 0 Å². The fraction of sp³-hybridized carbons (Fsp3) is 0.385. The number of rotatable bonds is 6. The smallest absolute Gasteiger partial charge is 0.236 e. The van der Waals surface area contributed by atoms with Crippen LogP contribution in [0.1, 0.15) is 30.5 Å². The van der Waals surface area contributed by atoms with Gasteiger partial charge in [0.1, 0.15) is 5.75 Å². The number of thiophene rings is 1. The fourth-order valence-electron chi connectivity index (χ4n) is 1.81. The van der Waals surface area contributed by atoms with Crippen molar-refractivity contribution in [2.75, 3.05) is 5.75 Å². The molecule has 0 bridgehead atoms. The second-order valence-corrected chi connectivity index (χ2v) is 7.51. The minimum Gasteiger partial charge on any atom is -0.348 e. The third kappa shape index (κ3) is 3.92. The van der Waals surface area contributed by atoms with Crippen LogP contribution in [0.4, 0.5) is 0 Å². The second kappa shape index (κ2) is 6.40. The van der Waals surface area contributed by atoms with Crippen molar-refractivity contribution in [3.8, 4) is 0 Å². The molecule has 0 fully saturated rings. The van der Waals surface area contributed by atoms with Gasteiger partial charge in [0.2, 0.25) is 20.9 Å². The number of H-pyrrole nitrogens is 1. The Balaban J connectivity index is 2.01.